The maximum atomic E-state index is 11.0. The molecule has 5 heteroatoms. The van der Waals surface area contributed by atoms with E-state index in [9.17, 15) is 8.42 Å². The smallest absolute Gasteiger partial charge is 0.148 e. The molecule has 0 heterocycles. The van der Waals surface area contributed by atoms with Crippen LogP contribution in [0.5, 0.6) is 0 Å². The van der Waals surface area contributed by atoms with Gasteiger partial charge in [0.15, 0.2) is 0 Å². The summed E-state index contributed by atoms with van der Waals surface area (Å²) in [7, 11) is -2.85. The molecular formula is C13H18ClNO2S. The van der Waals surface area contributed by atoms with Crippen molar-refractivity contribution in [3.8, 4) is 0 Å². The zero-order chi connectivity index (χ0) is 13.2. The first-order valence-corrected chi connectivity index (χ1v) is 8.54. The minimum atomic E-state index is -2.85. The molecule has 1 N–H and O–H groups in total. The Morgan fingerprint density at radius 3 is 2.44 bits per heavy atom. The molecule has 0 bridgehead atoms. The molecule has 1 saturated carbocycles. The topological polar surface area (TPSA) is 46.2 Å². The second-order valence-electron chi connectivity index (χ2n) is 5.00. The van der Waals surface area contributed by atoms with Gasteiger partial charge in [-0.05, 0) is 36.5 Å². The van der Waals surface area contributed by atoms with Gasteiger partial charge in [-0.3, -0.25) is 0 Å². The van der Waals surface area contributed by atoms with Gasteiger partial charge in [-0.1, -0.05) is 23.7 Å². The Labute approximate surface area is 113 Å². The minimum absolute atomic E-state index is 0.217. The third kappa shape index (κ3) is 3.97. The first kappa shape index (κ1) is 13.8. The zero-order valence-electron chi connectivity index (χ0n) is 10.4. The molecule has 1 aromatic rings. The number of sulfone groups is 1. The number of nitrogens with one attached hydrogen (secondary N) is 1. The van der Waals surface area contributed by atoms with Gasteiger partial charge in [0, 0.05) is 23.9 Å². The van der Waals surface area contributed by atoms with Crippen molar-refractivity contribution >= 4 is 21.4 Å². The molecule has 0 spiro atoms. The summed E-state index contributed by atoms with van der Waals surface area (Å²) in [5.41, 5.74) is 1.32. The summed E-state index contributed by atoms with van der Waals surface area (Å²) >= 11 is 5.85. The van der Waals surface area contributed by atoms with Crippen molar-refractivity contribution in [1.29, 1.82) is 0 Å². The third-order valence-electron chi connectivity index (χ3n) is 3.39. The van der Waals surface area contributed by atoms with Crippen LogP contribution in [0.4, 0.5) is 0 Å². The molecule has 3 nitrogen and oxygen atoms in total. The van der Waals surface area contributed by atoms with Crippen LogP contribution in [0.25, 0.3) is 0 Å². The Hall–Kier alpha value is -0.580. The third-order valence-corrected chi connectivity index (χ3v) is 4.58. The van der Waals surface area contributed by atoms with Crippen molar-refractivity contribution in [2.75, 3.05) is 18.6 Å². The van der Waals surface area contributed by atoms with Gasteiger partial charge in [0.1, 0.15) is 9.84 Å². The molecule has 0 aliphatic heterocycles. The number of hydrogen-bond acceptors (Lipinski definition) is 3. The number of rotatable bonds is 5. The van der Waals surface area contributed by atoms with E-state index in [1.807, 2.05) is 12.1 Å². The summed E-state index contributed by atoms with van der Waals surface area (Å²) in [6.07, 6.45) is 3.42. The van der Waals surface area contributed by atoms with Crippen LogP contribution in [-0.4, -0.2) is 33.0 Å². The van der Waals surface area contributed by atoms with Crippen molar-refractivity contribution in [1.82, 2.24) is 5.32 Å². The molecule has 1 aromatic carbocycles. The molecule has 0 amide bonds. The molecule has 2 rings (SSSR count). The van der Waals surface area contributed by atoms with E-state index in [0.29, 0.717) is 18.5 Å². The van der Waals surface area contributed by atoms with Crippen molar-refractivity contribution in [3.05, 3.63) is 34.9 Å². The zero-order valence-corrected chi connectivity index (χ0v) is 12.0. The second kappa shape index (κ2) is 5.59. The first-order chi connectivity index (χ1) is 8.44. The lowest BCUT2D eigenvalue weighted by Gasteiger charge is -2.36. The molecule has 100 valence electrons. The Morgan fingerprint density at radius 2 is 1.89 bits per heavy atom. The normalized spacial score (nSPS) is 23.7. The molecule has 1 aliphatic rings. The largest absolute Gasteiger partial charge is 0.313 e. The maximum Gasteiger partial charge on any atom is 0.148 e. The highest BCUT2D eigenvalue weighted by atomic mass is 35.5. The van der Waals surface area contributed by atoms with Gasteiger partial charge in [0.2, 0.25) is 0 Å². The van der Waals surface area contributed by atoms with Gasteiger partial charge in [0.25, 0.3) is 0 Å². The molecular weight excluding hydrogens is 270 g/mol. The molecule has 0 atom stereocenters. The van der Waals surface area contributed by atoms with E-state index in [2.05, 4.69) is 17.4 Å². The summed E-state index contributed by atoms with van der Waals surface area (Å²) in [6.45, 7) is 0.552. The van der Waals surface area contributed by atoms with Crippen LogP contribution >= 0.6 is 11.6 Å². The van der Waals surface area contributed by atoms with Crippen LogP contribution in [0.15, 0.2) is 24.3 Å². The molecule has 1 fully saturated rings. The predicted octanol–water partition coefficient (Wildman–Crippen LogP) is 2.22. The second-order valence-corrected chi connectivity index (χ2v) is 7.70. The highest BCUT2D eigenvalue weighted by Crippen LogP contribution is 2.37. The summed E-state index contributed by atoms with van der Waals surface area (Å²) in [6, 6.07) is 8.43. The predicted molar refractivity (Wildman–Crippen MR) is 74.9 cm³/mol. The van der Waals surface area contributed by atoms with Gasteiger partial charge in [0.05, 0.1) is 5.75 Å². The fourth-order valence-electron chi connectivity index (χ4n) is 2.24. The quantitative estimate of drug-likeness (QED) is 0.903. The molecule has 0 radical (unpaired) electrons. The average Bonchev–Trinajstić information content (AvgIpc) is 2.22. The van der Waals surface area contributed by atoms with Crippen LogP contribution in [0, 0.1) is 0 Å². The summed E-state index contributed by atoms with van der Waals surface area (Å²) in [5.74, 6) is 0.799. The number of benzene rings is 1. The van der Waals surface area contributed by atoms with Crippen LogP contribution in [0.3, 0.4) is 0 Å². The standard InChI is InChI=1S/C13H18ClNO2S/c1-18(16,17)7-6-15-13-8-11(9-13)10-2-4-12(14)5-3-10/h2-5,11,13,15H,6-9H2,1H3. The molecule has 0 saturated heterocycles. The summed E-state index contributed by atoms with van der Waals surface area (Å²) in [5, 5.41) is 4.05. The Morgan fingerprint density at radius 1 is 1.28 bits per heavy atom. The van der Waals surface area contributed by atoms with E-state index in [-0.39, 0.29) is 5.75 Å². The first-order valence-electron chi connectivity index (χ1n) is 6.10. The van der Waals surface area contributed by atoms with E-state index in [0.717, 1.165) is 17.9 Å². The van der Waals surface area contributed by atoms with Gasteiger partial charge in [-0.25, -0.2) is 8.42 Å². The number of halogens is 1. The lowest BCUT2D eigenvalue weighted by atomic mass is 9.76. The molecule has 0 aromatic heterocycles. The van der Waals surface area contributed by atoms with E-state index >= 15 is 0 Å². The summed E-state index contributed by atoms with van der Waals surface area (Å²) < 4.78 is 22.0. The van der Waals surface area contributed by atoms with E-state index < -0.39 is 9.84 Å². The monoisotopic (exact) mass is 287 g/mol. The fraction of sp³-hybridized carbons (Fsp3) is 0.538. The van der Waals surface area contributed by atoms with E-state index in [4.69, 9.17) is 11.6 Å². The lowest BCUT2D eigenvalue weighted by Crippen LogP contribution is -2.41. The van der Waals surface area contributed by atoms with Crippen LogP contribution in [0.1, 0.15) is 24.3 Å². The van der Waals surface area contributed by atoms with E-state index in [1.54, 1.807) is 0 Å². The van der Waals surface area contributed by atoms with Gasteiger partial charge in [-0.15, -0.1) is 0 Å². The molecule has 0 unspecified atom stereocenters. The Kier molecular flexibility index (Phi) is 4.30. The number of hydrogen-bond donors (Lipinski definition) is 1. The van der Waals surface area contributed by atoms with Crippen molar-refractivity contribution in [3.63, 3.8) is 0 Å². The van der Waals surface area contributed by atoms with Crippen molar-refractivity contribution in [2.45, 2.75) is 24.8 Å². The van der Waals surface area contributed by atoms with Crippen molar-refractivity contribution < 1.29 is 8.42 Å². The van der Waals surface area contributed by atoms with Gasteiger partial charge < -0.3 is 5.32 Å². The van der Waals surface area contributed by atoms with Crippen LogP contribution < -0.4 is 5.32 Å². The lowest BCUT2D eigenvalue weighted by molar-refractivity contribution is 0.296. The van der Waals surface area contributed by atoms with E-state index in [1.165, 1.54) is 11.8 Å². The highest BCUT2D eigenvalue weighted by Gasteiger charge is 2.29. The minimum Gasteiger partial charge on any atom is -0.313 e. The fourth-order valence-corrected chi connectivity index (χ4v) is 2.85. The average molecular weight is 288 g/mol. The molecule has 18 heavy (non-hydrogen) atoms. The highest BCUT2D eigenvalue weighted by molar-refractivity contribution is 7.90. The SMILES string of the molecule is CS(=O)(=O)CCNC1CC(c2ccc(Cl)cc2)C1. The van der Waals surface area contributed by atoms with Crippen molar-refractivity contribution in [2.24, 2.45) is 0 Å². The Bertz CT molecular complexity index is 492. The molecule has 1 aliphatic carbocycles. The summed E-state index contributed by atoms with van der Waals surface area (Å²) in [4.78, 5) is 0. The van der Waals surface area contributed by atoms with Gasteiger partial charge in [-0.2, -0.15) is 0 Å². The maximum absolute atomic E-state index is 11.0. The van der Waals surface area contributed by atoms with Crippen LogP contribution in [0.2, 0.25) is 5.02 Å². The van der Waals surface area contributed by atoms with Gasteiger partial charge >= 0.3 is 0 Å². The Balaban J connectivity index is 1.72. The van der Waals surface area contributed by atoms with Crippen LogP contribution in [-0.2, 0) is 9.84 Å².